The van der Waals surface area contributed by atoms with Gasteiger partial charge in [-0.3, -0.25) is 4.79 Å². The second-order valence-corrected chi connectivity index (χ2v) is 10.3. The molecule has 1 amide bonds. The normalized spacial score (nSPS) is 12.2. The number of nitrogens with one attached hydrogen (secondary N) is 2. The van der Waals surface area contributed by atoms with E-state index in [1.807, 2.05) is 0 Å². The summed E-state index contributed by atoms with van der Waals surface area (Å²) < 4.78 is 29.1. The number of benzene rings is 1. The van der Waals surface area contributed by atoms with E-state index in [1.54, 1.807) is 39.1 Å². The summed E-state index contributed by atoms with van der Waals surface area (Å²) in [5.41, 5.74) is 0.261. The third-order valence-electron chi connectivity index (χ3n) is 2.74. The molecule has 0 saturated carbocycles. The van der Waals surface area contributed by atoms with Gasteiger partial charge in [0.1, 0.15) is 5.01 Å². The number of carbonyl (C=O) groups excluding carboxylic acids is 1. The minimum absolute atomic E-state index is 0.0746. The largest absolute Gasteiger partial charge is 0.326 e. The smallest absolute Gasteiger partial charge is 0.241 e. The van der Waals surface area contributed by atoms with E-state index in [4.69, 9.17) is 0 Å². The highest BCUT2D eigenvalue weighted by Crippen LogP contribution is 2.34. The average Bonchev–Trinajstić information content (AvgIpc) is 2.82. The van der Waals surface area contributed by atoms with Crippen molar-refractivity contribution in [1.29, 1.82) is 0 Å². The minimum Gasteiger partial charge on any atom is -0.326 e. The van der Waals surface area contributed by atoms with E-state index in [-0.39, 0.29) is 10.8 Å². The van der Waals surface area contributed by atoms with Crippen LogP contribution < -0.4 is 10.0 Å². The molecule has 0 aliphatic carbocycles. The molecule has 6 nitrogen and oxygen atoms in total. The van der Waals surface area contributed by atoms with Gasteiger partial charge in [0.25, 0.3) is 0 Å². The number of carbonyl (C=O) groups is 1. The molecular formula is C15H18BrN3O3S2. The fourth-order valence-corrected chi connectivity index (χ4v) is 5.00. The highest BCUT2D eigenvalue weighted by Gasteiger charge is 2.26. The monoisotopic (exact) mass is 431 g/mol. The molecule has 1 heterocycles. The number of rotatable bonds is 4. The van der Waals surface area contributed by atoms with Gasteiger partial charge in [-0.05, 0) is 54.9 Å². The number of anilines is 1. The van der Waals surface area contributed by atoms with Crippen molar-refractivity contribution in [3.63, 3.8) is 0 Å². The third-order valence-corrected chi connectivity index (χ3v) is 6.05. The number of aromatic nitrogens is 1. The number of hydrogen-bond acceptors (Lipinski definition) is 5. The topological polar surface area (TPSA) is 88.2 Å². The van der Waals surface area contributed by atoms with E-state index >= 15 is 0 Å². The van der Waals surface area contributed by atoms with Crippen molar-refractivity contribution >= 4 is 48.9 Å². The molecule has 2 N–H and O–H groups in total. The van der Waals surface area contributed by atoms with E-state index in [9.17, 15) is 13.2 Å². The maximum Gasteiger partial charge on any atom is 0.241 e. The molecule has 0 saturated heterocycles. The number of halogens is 1. The lowest BCUT2D eigenvalue weighted by atomic mass is 10.1. The Morgan fingerprint density at radius 1 is 1.29 bits per heavy atom. The van der Waals surface area contributed by atoms with Gasteiger partial charge in [-0.2, -0.15) is 0 Å². The lowest BCUT2D eigenvalue weighted by Crippen LogP contribution is -2.40. The maximum absolute atomic E-state index is 12.8. The van der Waals surface area contributed by atoms with Crippen LogP contribution >= 0.6 is 27.3 Å². The Hall–Kier alpha value is -1.29. The Kier molecular flexibility index (Phi) is 5.48. The van der Waals surface area contributed by atoms with Gasteiger partial charge in [-0.25, -0.2) is 18.1 Å². The predicted octanol–water partition coefficient (Wildman–Crippen LogP) is 3.61. The molecule has 0 unspecified atom stereocenters. The fraction of sp³-hybridized carbons (Fsp3) is 0.333. The Labute approximate surface area is 153 Å². The summed E-state index contributed by atoms with van der Waals surface area (Å²) in [5.74, 6) is -0.271. The minimum atomic E-state index is -3.80. The molecule has 9 heteroatoms. The molecule has 0 bridgehead atoms. The van der Waals surface area contributed by atoms with E-state index in [0.717, 1.165) is 3.79 Å². The molecule has 0 spiro atoms. The van der Waals surface area contributed by atoms with Crippen LogP contribution in [0.5, 0.6) is 0 Å². The molecule has 24 heavy (non-hydrogen) atoms. The molecule has 130 valence electrons. The number of nitrogens with zero attached hydrogens (tertiary/aromatic N) is 1. The van der Waals surface area contributed by atoms with E-state index < -0.39 is 15.6 Å². The summed E-state index contributed by atoms with van der Waals surface area (Å²) in [5, 5.41) is 3.18. The number of thiazole rings is 1. The van der Waals surface area contributed by atoms with Crippen molar-refractivity contribution < 1.29 is 13.2 Å². The van der Waals surface area contributed by atoms with Gasteiger partial charge < -0.3 is 5.32 Å². The molecule has 0 fully saturated rings. The van der Waals surface area contributed by atoms with Crippen molar-refractivity contribution in [2.24, 2.45) is 0 Å². The van der Waals surface area contributed by atoms with Crippen LogP contribution in [0.3, 0.4) is 0 Å². The summed E-state index contributed by atoms with van der Waals surface area (Å²) in [7, 11) is -3.80. The lowest BCUT2D eigenvalue weighted by Gasteiger charge is -2.21. The summed E-state index contributed by atoms with van der Waals surface area (Å²) in [6.07, 6.45) is 1.62. The van der Waals surface area contributed by atoms with Crippen LogP contribution in [0.1, 0.15) is 27.7 Å². The number of amides is 1. The van der Waals surface area contributed by atoms with Crippen LogP contribution in [-0.2, 0) is 14.8 Å². The summed E-state index contributed by atoms with van der Waals surface area (Å²) in [6.45, 7) is 6.67. The molecule has 0 radical (unpaired) electrons. The van der Waals surface area contributed by atoms with Gasteiger partial charge in [-0.15, -0.1) is 11.3 Å². The van der Waals surface area contributed by atoms with Crippen LogP contribution in [0.15, 0.2) is 33.1 Å². The Morgan fingerprint density at radius 3 is 2.46 bits per heavy atom. The molecule has 1 aromatic carbocycles. The second kappa shape index (κ2) is 6.91. The number of hydrogen-bond donors (Lipinski definition) is 2. The van der Waals surface area contributed by atoms with Crippen LogP contribution in [0.25, 0.3) is 10.6 Å². The highest BCUT2D eigenvalue weighted by molar-refractivity contribution is 9.11. The maximum atomic E-state index is 12.8. The standard InChI is InChI=1S/C15H18BrN3O3S2/c1-9(20)18-10-5-6-11(14-17-8-13(16)23-14)12(7-10)24(21,22)19-15(2,3)4/h5-8,19H,1-4H3,(H,18,20). The summed E-state index contributed by atoms with van der Waals surface area (Å²) >= 11 is 4.67. The molecule has 0 atom stereocenters. The molecule has 0 aliphatic heterocycles. The Morgan fingerprint density at radius 2 is 1.96 bits per heavy atom. The predicted molar refractivity (Wildman–Crippen MR) is 99.6 cm³/mol. The zero-order chi connectivity index (χ0) is 18.1. The van der Waals surface area contributed by atoms with Crippen molar-refractivity contribution in [2.45, 2.75) is 38.1 Å². The van der Waals surface area contributed by atoms with Crippen LogP contribution in [-0.4, -0.2) is 24.8 Å². The highest BCUT2D eigenvalue weighted by atomic mass is 79.9. The van der Waals surface area contributed by atoms with Gasteiger partial charge >= 0.3 is 0 Å². The van der Waals surface area contributed by atoms with Crippen molar-refractivity contribution in [3.05, 3.63) is 28.2 Å². The lowest BCUT2D eigenvalue weighted by molar-refractivity contribution is -0.114. The van der Waals surface area contributed by atoms with Gasteiger partial charge in [0.15, 0.2) is 0 Å². The number of sulfonamides is 1. The SMILES string of the molecule is CC(=O)Nc1ccc(-c2ncc(Br)s2)c(S(=O)(=O)NC(C)(C)C)c1. The van der Waals surface area contributed by atoms with Crippen molar-refractivity contribution in [3.8, 4) is 10.6 Å². The zero-order valence-electron chi connectivity index (χ0n) is 13.7. The van der Waals surface area contributed by atoms with Crippen molar-refractivity contribution in [1.82, 2.24) is 9.71 Å². The summed E-state index contributed by atoms with van der Waals surface area (Å²) in [6, 6.07) is 4.75. The average molecular weight is 432 g/mol. The summed E-state index contributed by atoms with van der Waals surface area (Å²) in [4.78, 5) is 15.6. The molecule has 2 aromatic rings. The Balaban J connectivity index is 2.61. The van der Waals surface area contributed by atoms with Crippen LogP contribution in [0.4, 0.5) is 5.69 Å². The first kappa shape index (κ1) is 19.0. The van der Waals surface area contributed by atoms with Crippen LogP contribution in [0, 0.1) is 0 Å². The first-order chi connectivity index (χ1) is 11.0. The molecule has 1 aromatic heterocycles. The molecule has 0 aliphatic rings. The Bertz CT molecular complexity index is 870. The fourth-order valence-electron chi connectivity index (χ4n) is 2.04. The van der Waals surface area contributed by atoms with Gasteiger partial charge in [-0.1, -0.05) is 0 Å². The van der Waals surface area contributed by atoms with Crippen molar-refractivity contribution in [2.75, 3.05) is 5.32 Å². The quantitative estimate of drug-likeness (QED) is 0.773. The first-order valence-corrected chi connectivity index (χ1v) is 10.1. The van der Waals surface area contributed by atoms with E-state index in [2.05, 4.69) is 31.0 Å². The van der Waals surface area contributed by atoms with Gasteiger partial charge in [0, 0.05) is 23.7 Å². The van der Waals surface area contributed by atoms with E-state index in [1.165, 1.54) is 24.3 Å². The third kappa shape index (κ3) is 4.85. The molecule has 2 rings (SSSR count). The molecular weight excluding hydrogens is 414 g/mol. The van der Waals surface area contributed by atoms with Gasteiger partial charge in [0.05, 0.1) is 14.9 Å². The van der Waals surface area contributed by atoms with Crippen LogP contribution in [0.2, 0.25) is 0 Å². The van der Waals surface area contributed by atoms with E-state index in [0.29, 0.717) is 16.3 Å². The first-order valence-electron chi connectivity index (χ1n) is 7.05. The second-order valence-electron chi connectivity index (χ2n) is 6.22. The van der Waals surface area contributed by atoms with Gasteiger partial charge in [0.2, 0.25) is 15.9 Å². The zero-order valence-corrected chi connectivity index (χ0v) is 16.9.